The van der Waals surface area contributed by atoms with Gasteiger partial charge in [-0.1, -0.05) is 6.08 Å². The molecule has 11 heavy (non-hydrogen) atoms. The molecule has 0 aromatic carbocycles. The van der Waals surface area contributed by atoms with Crippen molar-refractivity contribution in [2.45, 2.75) is 32.6 Å². The molecule has 0 aliphatic heterocycles. The maximum absolute atomic E-state index is 11.1. The molecule has 0 N–H and O–H groups in total. The molecule has 0 fully saturated rings. The first-order valence-corrected chi connectivity index (χ1v) is 3.96. The second-order valence-electron chi connectivity index (χ2n) is 2.62. The van der Waals surface area contributed by atoms with Gasteiger partial charge < -0.3 is 0 Å². The zero-order chi connectivity index (χ0) is 8.10. The minimum absolute atomic E-state index is 0.322. The van der Waals surface area contributed by atoms with Crippen LogP contribution in [-0.4, -0.2) is 5.78 Å². The highest BCUT2D eigenvalue weighted by Gasteiger charge is 2.13. The quantitative estimate of drug-likeness (QED) is 0.548. The minimum Gasteiger partial charge on any atom is -0.295 e. The van der Waals surface area contributed by atoms with E-state index in [9.17, 15) is 4.79 Å². The molecule has 58 valence electrons. The van der Waals surface area contributed by atoms with E-state index in [1.807, 2.05) is 13.0 Å². The lowest BCUT2D eigenvalue weighted by Gasteiger charge is -1.93. The van der Waals surface area contributed by atoms with E-state index in [0.29, 0.717) is 5.78 Å². The van der Waals surface area contributed by atoms with E-state index in [2.05, 4.69) is 11.8 Å². The molecular weight excluding hydrogens is 136 g/mol. The summed E-state index contributed by atoms with van der Waals surface area (Å²) < 4.78 is 0. The number of carbonyl (C=O) groups is 1. The number of Topliss-reactive ketones (excluding diaryl/α,β-unsaturated/α-hetero) is 1. The van der Waals surface area contributed by atoms with Gasteiger partial charge in [0.2, 0.25) is 0 Å². The average molecular weight is 148 g/mol. The summed E-state index contributed by atoms with van der Waals surface area (Å²) in [7, 11) is 0. The summed E-state index contributed by atoms with van der Waals surface area (Å²) in [6.07, 6.45) is 5.37. The van der Waals surface area contributed by atoms with Crippen molar-refractivity contribution in [1.82, 2.24) is 0 Å². The van der Waals surface area contributed by atoms with Crippen LogP contribution in [0.2, 0.25) is 0 Å². The predicted octanol–water partition coefficient (Wildman–Crippen LogP) is 2.08. The molecule has 1 nitrogen and oxygen atoms in total. The Kier molecular flexibility index (Phi) is 2.92. The number of hydrogen-bond donors (Lipinski definition) is 0. The fourth-order valence-corrected chi connectivity index (χ4v) is 1.22. The van der Waals surface area contributed by atoms with Gasteiger partial charge in [-0.25, -0.2) is 0 Å². The summed E-state index contributed by atoms with van der Waals surface area (Å²) in [5.74, 6) is 6.09. The standard InChI is InChI=1S/C10H12O/c1-2-3-4-6-9-7-5-8-10(9)11/h7H,4-6,8H2,1H3. The van der Waals surface area contributed by atoms with Crippen molar-refractivity contribution in [3.8, 4) is 11.8 Å². The largest absolute Gasteiger partial charge is 0.295 e. The van der Waals surface area contributed by atoms with E-state index < -0.39 is 0 Å². The second kappa shape index (κ2) is 3.98. The van der Waals surface area contributed by atoms with Crippen LogP contribution in [0.15, 0.2) is 11.6 Å². The van der Waals surface area contributed by atoms with Crippen LogP contribution >= 0.6 is 0 Å². The molecule has 0 radical (unpaired) electrons. The van der Waals surface area contributed by atoms with Crippen LogP contribution in [0, 0.1) is 11.8 Å². The first kappa shape index (κ1) is 8.07. The minimum atomic E-state index is 0.322. The third kappa shape index (κ3) is 2.23. The number of allylic oxidation sites excluding steroid dienone is 2. The number of hydrogen-bond acceptors (Lipinski definition) is 1. The Hall–Kier alpha value is -1.03. The molecule has 0 atom stereocenters. The highest BCUT2D eigenvalue weighted by molar-refractivity contribution is 5.97. The molecule has 0 saturated heterocycles. The SMILES string of the molecule is CC#CCCC1=CCCC1=O. The van der Waals surface area contributed by atoms with Gasteiger partial charge in [-0.2, -0.15) is 0 Å². The van der Waals surface area contributed by atoms with Gasteiger partial charge in [0, 0.05) is 12.8 Å². The van der Waals surface area contributed by atoms with Crippen LogP contribution in [0.5, 0.6) is 0 Å². The van der Waals surface area contributed by atoms with Crippen molar-refractivity contribution in [2.75, 3.05) is 0 Å². The fraction of sp³-hybridized carbons (Fsp3) is 0.500. The zero-order valence-electron chi connectivity index (χ0n) is 6.81. The molecular formula is C10H12O. The fourth-order valence-electron chi connectivity index (χ4n) is 1.22. The Morgan fingerprint density at radius 3 is 3.00 bits per heavy atom. The van der Waals surface area contributed by atoms with E-state index in [1.165, 1.54) is 0 Å². The second-order valence-corrected chi connectivity index (χ2v) is 2.62. The lowest BCUT2D eigenvalue weighted by Crippen LogP contribution is -1.94. The third-order valence-corrected chi connectivity index (χ3v) is 1.82. The summed E-state index contributed by atoms with van der Waals surface area (Å²) in [5, 5.41) is 0. The molecule has 0 heterocycles. The normalized spacial score (nSPS) is 15.7. The van der Waals surface area contributed by atoms with Crippen molar-refractivity contribution in [2.24, 2.45) is 0 Å². The Morgan fingerprint density at radius 2 is 2.45 bits per heavy atom. The van der Waals surface area contributed by atoms with Gasteiger partial charge in [0.25, 0.3) is 0 Å². The van der Waals surface area contributed by atoms with E-state index in [-0.39, 0.29) is 0 Å². The average Bonchev–Trinajstić information content (AvgIpc) is 2.37. The first-order chi connectivity index (χ1) is 5.34. The van der Waals surface area contributed by atoms with Crippen LogP contribution in [0.3, 0.4) is 0 Å². The van der Waals surface area contributed by atoms with Gasteiger partial charge in [0.1, 0.15) is 0 Å². The molecule has 0 bridgehead atoms. The van der Waals surface area contributed by atoms with Gasteiger partial charge >= 0.3 is 0 Å². The topological polar surface area (TPSA) is 17.1 Å². The summed E-state index contributed by atoms with van der Waals surface area (Å²) in [5.41, 5.74) is 0.993. The zero-order valence-corrected chi connectivity index (χ0v) is 6.81. The number of ketones is 1. The summed E-state index contributed by atoms with van der Waals surface area (Å²) >= 11 is 0. The lowest BCUT2D eigenvalue weighted by molar-refractivity contribution is -0.115. The molecule has 0 aromatic heterocycles. The summed E-state index contributed by atoms with van der Waals surface area (Å²) in [6, 6.07) is 0. The van der Waals surface area contributed by atoms with E-state index >= 15 is 0 Å². The van der Waals surface area contributed by atoms with Crippen LogP contribution in [-0.2, 0) is 4.79 Å². The lowest BCUT2D eigenvalue weighted by atomic mass is 10.1. The Labute approximate surface area is 67.5 Å². The van der Waals surface area contributed by atoms with Crippen molar-refractivity contribution < 1.29 is 4.79 Å². The Morgan fingerprint density at radius 1 is 1.64 bits per heavy atom. The van der Waals surface area contributed by atoms with Crippen LogP contribution in [0.25, 0.3) is 0 Å². The van der Waals surface area contributed by atoms with Crippen molar-refractivity contribution >= 4 is 5.78 Å². The van der Waals surface area contributed by atoms with Crippen LogP contribution < -0.4 is 0 Å². The van der Waals surface area contributed by atoms with Gasteiger partial charge in [-0.15, -0.1) is 11.8 Å². The van der Waals surface area contributed by atoms with Gasteiger partial charge in [-0.3, -0.25) is 4.79 Å². The molecule has 1 heteroatoms. The molecule has 0 aromatic rings. The summed E-state index contributed by atoms with van der Waals surface area (Å²) in [4.78, 5) is 11.1. The smallest absolute Gasteiger partial charge is 0.158 e. The monoisotopic (exact) mass is 148 g/mol. The molecule has 1 aliphatic rings. The maximum Gasteiger partial charge on any atom is 0.158 e. The number of carbonyl (C=O) groups excluding carboxylic acids is 1. The van der Waals surface area contributed by atoms with Crippen LogP contribution in [0.1, 0.15) is 32.6 Å². The third-order valence-electron chi connectivity index (χ3n) is 1.82. The molecule has 1 rings (SSSR count). The van der Waals surface area contributed by atoms with Crippen molar-refractivity contribution in [3.05, 3.63) is 11.6 Å². The molecule has 0 amide bonds. The number of rotatable bonds is 2. The van der Waals surface area contributed by atoms with Crippen molar-refractivity contribution in [3.63, 3.8) is 0 Å². The van der Waals surface area contributed by atoms with Gasteiger partial charge in [0.05, 0.1) is 0 Å². The van der Waals surface area contributed by atoms with E-state index in [0.717, 1.165) is 31.3 Å². The predicted molar refractivity (Wildman–Crippen MR) is 45.0 cm³/mol. The van der Waals surface area contributed by atoms with E-state index in [1.54, 1.807) is 0 Å². The van der Waals surface area contributed by atoms with E-state index in [4.69, 9.17) is 0 Å². The highest BCUT2D eigenvalue weighted by atomic mass is 16.1. The molecule has 0 spiro atoms. The van der Waals surface area contributed by atoms with Crippen molar-refractivity contribution in [1.29, 1.82) is 0 Å². The van der Waals surface area contributed by atoms with Gasteiger partial charge in [0.15, 0.2) is 5.78 Å². The highest BCUT2D eigenvalue weighted by Crippen LogP contribution is 2.17. The summed E-state index contributed by atoms with van der Waals surface area (Å²) in [6.45, 7) is 1.82. The Bertz CT molecular complexity index is 237. The molecule has 1 aliphatic carbocycles. The Balaban J connectivity index is 2.35. The molecule has 0 saturated carbocycles. The van der Waals surface area contributed by atoms with Crippen LogP contribution in [0.4, 0.5) is 0 Å². The maximum atomic E-state index is 11.1. The first-order valence-electron chi connectivity index (χ1n) is 3.96. The molecule has 0 unspecified atom stereocenters. The van der Waals surface area contributed by atoms with Gasteiger partial charge in [-0.05, 0) is 25.3 Å².